The Labute approximate surface area is 121 Å². The predicted molar refractivity (Wildman–Crippen MR) is 77.7 cm³/mol. The highest BCUT2D eigenvalue weighted by Gasteiger charge is 2.35. The van der Waals surface area contributed by atoms with Crippen LogP contribution in [0.4, 0.5) is 0 Å². The molecule has 1 heterocycles. The molecule has 0 spiro atoms. The molecule has 118 valence electrons. The van der Waals surface area contributed by atoms with Crippen LogP contribution < -0.4 is 5.32 Å². The molecule has 0 saturated carbocycles. The summed E-state index contributed by atoms with van der Waals surface area (Å²) < 4.78 is 24.7. The van der Waals surface area contributed by atoms with Gasteiger partial charge in [0.25, 0.3) is 0 Å². The Morgan fingerprint density at radius 2 is 2.05 bits per heavy atom. The Morgan fingerprint density at radius 3 is 2.55 bits per heavy atom. The molecule has 0 aliphatic carbocycles. The Morgan fingerprint density at radius 1 is 1.40 bits per heavy atom. The molecular formula is C13H26N2O4S. The van der Waals surface area contributed by atoms with Crippen LogP contribution in [0.2, 0.25) is 0 Å². The van der Waals surface area contributed by atoms with Crippen molar-refractivity contribution in [1.82, 2.24) is 9.62 Å². The molecule has 0 aromatic carbocycles. The molecule has 0 aromatic heterocycles. The number of aliphatic hydroxyl groups is 1. The first-order valence-electron chi connectivity index (χ1n) is 7.13. The zero-order valence-electron chi connectivity index (χ0n) is 12.5. The first-order valence-corrected chi connectivity index (χ1v) is 8.98. The molecule has 6 nitrogen and oxygen atoms in total. The number of hydrogen-bond acceptors (Lipinski definition) is 4. The Kier molecular flexibility index (Phi) is 6.42. The van der Waals surface area contributed by atoms with Crippen molar-refractivity contribution in [3.05, 3.63) is 0 Å². The molecule has 20 heavy (non-hydrogen) atoms. The molecule has 1 amide bonds. The van der Waals surface area contributed by atoms with Crippen LogP contribution in [-0.2, 0) is 14.8 Å². The first kappa shape index (κ1) is 17.4. The van der Waals surface area contributed by atoms with E-state index in [-0.39, 0.29) is 18.6 Å². The molecule has 1 aliphatic rings. The number of carbonyl (C=O) groups is 1. The Hall–Kier alpha value is -0.660. The molecule has 0 bridgehead atoms. The summed E-state index contributed by atoms with van der Waals surface area (Å²) >= 11 is 0. The van der Waals surface area contributed by atoms with Crippen molar-refractivity contribution in [2.24, 2.45) is 5.92 Å². The standard InChI is InChI=1S/C13H26N2O4S/c1-10(2)8-11(9-16)14-13(17)12-6-4-5-7-15(12)20(3,18)19/h10-12,16H,4-9H2,1-3H3,(H,14,17). The predicted octanol–water partition coefficient (Wildman–Crippen LogP) is 0.324. The van der Waals surface area contributed by atoms with E-state index in [0.717, 1.165) is 19.1 Å². The average Bonchev–Trinajstić information content (AvgIpc) is 2.36. The van der Waals surface area contributed by atoms with Crippen molar-refractivity contribution >= 4 is 15.9 Å². The maximum Gasteiger partial charge on any atom is 0.238 e. The first-order chi connectivity index (χ1) is 9.25. The monoisotopic (exact) mass is 306 g/mol. The van der Waals surface area contributed by atoms with Gasteiger partial charge in [0.1, 0.15) is 6.04 Å². The quantitative estimate of drug-likeness (QED) is 0.740. The topological polar surface area (TPSA) is 86.7 Å². The van der Waals surface area contributed by atoms with Gasteiger partial charge in [-0.2, -0.15) is 4.31 Å². The number of hydrogen-bond donors (Lipinski definition) is 2. The Bertz CT molecular complexity index is 422. The van der Waals surface area contributed by atoms with Crippen LogP contribution in [0.15, 0.2) is 0 Å². The zero-order chi connectivity index (χ0) is 15.3. The summed E-state index contributed by atoms with van der Waals surface area (Å²) in [7, 11) is -3.38. The van der Waals surface area contributed by atoms with E-state index >= 15 is 0 Å². The van der Waals surface area contributed by atoms with Crippen molar-refractivity contribution in [3.8, 4) is 0 Å². The van der Waals surface area contributed by atoms with Gasteiger partial charge in [-0.05, 0) is 25.2 Å². The number of amides is 1. The molecule has 0 radical (unpaired) electrons. The van der Waals surface area contributed by atoms with E-state index in [0.29, 0.717) is 25.3 Å². The van der Waals surface area contributed by atoms with Crippen LogP contribution in [0.25, 0.3) is 0 Å². The van der Waals surface area contributed by atoms with Gasteiger partial charge >= 0.3 is 0 Å². The van der Waals surface area contributed by atoms with E-state index in [9.17, 15) is 18.3 Å². The van der Waals surface area contributed by atoms with E-state index in [1.807, 2.05) is 13.8 Å². The number of rotatable bonds is 6. The lowest BCUT2D eigenvalue weighted by Crippen LogP contribution is -2.54. The van der Waals surface area contributed by atoms with Crippen molar-refractivity contribution in [1.29, 1.82) is 0 Å². The minimum Gasteiger partial charge on any atom is -0.394 e. The lowest BCUT2D eigenvalue weighted by molar-refractivity contribution is -0.126. The zero-order valence-corrected chi connectivity index (χ0v) is 13.3. The van der Waals surface area contributed by atoms with Crippen molar-refractivity contribution in [2.75, 3.05) is 19.4 Å². The summed E-state index contributed by atoms with van der Waals surface area (Å²) in [5.74, 6) is 0.0552. The van der Waals surface area contributed by atoms with Gasteiger partial charge in [-0.1, -0.05) is 20.3 Å². The summed E-state index contributed by atoms with van der Waals surface area (Å²) in [6, 6.07) is -0.953. The van der Waals surface area contributed by atoms with Crippen LogP contribution in [0, 0.1) is 5.92 Å². The molecule has 7 heteroatoms. The molecular weight excluding hydrogens is 280 g/mol. The van der Waals surface area contributed by atoms with Gasteiger partial charge < -0.3 is 10.4 Å². The third-order valence-electron chi connectivity index (χ3n) is 3.51. The van der Waals surface area contributed by atoms with E-state index in [4.69, 9.17) is 0 Å². The van der Waals surface area contributed by atoms with Crippen molar-refractivity contribution in [3.63, 3.8) is 0 Å². The van der Waals surface area contributed by atoms with Crippen LogP contribution in [0.5, 0.6) is 0 Å². The molecule has 0 aromatic rings. The molecule has 1 aliphatic heterocycles. The highest BCUT2D eigenvalue weighted by atomic mass is 32.2. The van der Waals surface area contributed by atoms with E-state index < -0.39 is 16.1 Å². The fourth-order valence-electron chi connectivity index (χ4n) is 2.61. The van der Waals surface area contributed by atoms with Crippen LogP contribution in [0.3, 0.4) is 0 Å². The van der Waals surface area contributed by atoms with E-state index in [1.165, 1.54) is 4.31 Å². The minimum atomic E-state index is -3.38. The van der Waals surface area contributed by atoms with Crippen LogP contribution in [0.1, 0.15) is 39.5 Å². The van der Waals surface area contributed by atoms with Gasteiger partial charge in [-0.25, -0.2) is 8.42 Å². The van der Waals surface area contributed by atoms with Crippen molar-refractivity contribution in [2.45, 2.75) is 51.6 Å². The smallest absolute Gasteiger partial charge is 0.238 e. The number of sulfonamides is 1. The summed E-state index contributed by atoms with van der Waals surface area (Å²) in [4.78, 5) is 12.3. The maximum atomic E-state index is 12.3. The minimum absolute atomic E-state index is 0.129. The van der Waals surface area contributed by atoms with Gasteiger partial charge in [0.05, 0.1) is 18.9 Å². The molecule has 1 rings (SSSR count). The van der Waals surface area contributed by atoms with Gasteiger partial charge in [-0.3, -0.25) is 4.79 Å². The number of nitrogens with zero attached hydrogens (tertiary/aromatic N) is 1. The van der Waals surface area contributed by atoms with E-state index in [2.05, 4.69) is 5.32 Å². The van der Waals surface area contributed by atoms with Crippen molar-refractivity contribution < 1.29 is 18.3 Å². The SMILES string of the molecule is CC(C)CC(CO)NC(=O)C1CCCCN1S(C)(=O)=O. The second kappa shape index (κ2) is 7.38. The fourth-order valence-corrected chi connectivity index (χ4v) is 3.73. The van der Waals surface area contributed by atoms with E-state index in [1.54, 1.807) is 0 Å². The summed E-state index contributed by atoms with van der Waals surface area (Å²) in [5.41, 5.74) is 0. The van der Waals surface area contributed by atoms with Gasteiger partial charge in [-0.15, -0.1) is 0 Å². The summed E-state index contributed by atoms with van der Waals surface area (Å²) in [6.45, 7) is 4.29. The highest BCUT2D eigenvalue weighted by molar-refractivity contribution is 7.88. The van der Waals surface area contributed by atoms with Crippen LogP contribution >= 0.6 is 0 Å². The lowest BCUT2D eigenvalue weighted by atomic mass is 10.0. The number of carbonyl (C=O) groups excluding carboxylic acids is 1. The molecule has 2 atom stereocenters. The molecule has 2 unspecified atom stereocenters. The molecule has 2 N–H and O–H groups in total. The summed E-state index contributed by atoms with van der Waals surface area (Å²) in [6.07, 6.45) is 3.98. The molecule has 1 fully saturated rings. The lowest BCUT2D eigenvalue weighted by Gasteiger charge is -2.33. The second-order valence-corrected chi connectivity index (χ2v) is 7.84. The third kappa shape index (κ3) is 5.03. The second-order valence-electron chi connectivity index (χ2n) is 5.90. The van der Waals surface area contributed by atoms with Gasteiger partial charge in [0.2, 0.25) is 15.9 Å². The fraction of sp³-hybridized carbons (Fsp3) is 0.923. The number of piperidine rings is 1. The van der Waals surface area contributed by atoms with Gasteiger partial charge in [0.15, 0.2) is 0 Å². The van der Waals surface area contributed by atoms with Crippen LogP contribution in [-0.4, -0.2) is 55.2 Å². The maximum absolute atomic E-state index is 12.3. The Balaban J connectivity index is 2.72. The normalized spacial score (nSPS) is 22.8. The summed E-state index contributed by atoms with van der Waals surface area (Å²) in [5, 5.41) is 12.1. The number of nitrogens with one attached hydrogen (secondary N) is 1. The number of aliphatic hydroxyl groups excluding tert-OH is 1. The average molecular weight is 306 g/mol. The largest absolute Gasteiger partial charge is 0.394 e. The van der Waals surface area contributed by atoms with Gasteiger partial charge in [0, 0.05) is 6.54 Å². The highest BCUT2D eigenvalue weighted by Crippen LogP contribution is 2.20. The molecule has 1 saturated heterocycles. The third-order valence-corrected chi connectivity index (χ3v) is 4.79.